The van der Waals surface area contributed by atoms with Gasteiger partial charge in [0.15, 0.2) is 5.82 Å². The Morgan fingerprint density at radius 1 is 1.69 bits per heavy atom. The largest absolute Gasteiger partial charge is 0.480 e. The molecule has 0 saturated heterocycles. The maximum Gasteiger partial charge on any atom is 0.320 e. The van der Waals surface area contributed by atoms with E-state index in [0.29, 0.717) is 29.6 Å². The Hall–Kier alpha value is -1.08. The Balaban J connectivity index is 2.18. The number of hydrogen-bond donors (Lipinski definition) is 2. The first kappa shape index (κ1) is 13.0. The smallest absolute Gasteiger partial charge is 0.320 e. The fourth-order valence-corrected chi connectivity index (χ4v) is 1.84. The van der Waals surface area contributed by atoms with E-state index >= 15 is 0 Å². The molecule has 1 heterocycles. The highest BCUT2D eigenvalue weighted by Gasteiger charge is 2.11. The minimum absolute atomic E-state index is 0.439. The Morgan fingerprint density at radius 2 is 2.44 bits per heavy atom. The molecule has 1 aromatic rings. The first-order chi connectivity index (χ1) is 7.63. The molecule has 3 N–H and O–H groups in total. The summed E-state index contributed by atoms with van der Waals surface area (Å²) in [5, 5.41) is 12.3. The van der Waals surface area contributed by atoms with Gasteiger partial charge in [-0.05, 0) is 12.2 Å². The Morgan fingerprint density at radius 3 is 3.00 bits per heavy atom. The van der Waals surface area contributed by atoms with Gasteiger partial charge in [0.2, 0.25) is 5.89 Å². The molecule has 0 fully saturated rings. The van der Waals surface area contributed by atoms with Crippen molar-refractivity contribution >= 4 is 17.7 Å². The molecule has 0 bridgehead atoms. The third kappa shape index (κ3) is 4.19. The van der Waals surface area contributed by atoms with Crippen molar-refractivity contribution in [2.75, 3.05) is 5.75 Å². The van der Waals surface area contributed by atoms with Crippen LogP contribution in [0, 0.1) is 0 Å². The van der Waals surface area contributed by atoms with Crippen molar-refractivity contribution in [2.45, 2.75) is 31.6 Å². The molecule has 6 nitrogen and oxygen atoms in total. The average Bonchev–Trinajstić information content (AvgIpc) is 2.71. The van der Waals surface area contributed by atoms with Crippen LogP contribution < -0.4 is 5.73 Å². The molecule has 0 aromatic carbocycles. The van der Waals surface area contributed by atoms with Crippen LogP contribution in [-0.2, 0) is 17.0 Å². The standard InChI is InChI=1S/C9H15N3O3S/c1-2-7-11-8(15-12-7)5-16-4-3-6(10)9(13)14/h6H,2-5,10H2,1H3,(H,13,14). The molecule has 7 heteroatoms. The van der Waals surface area contributed by atoms with Gasteiger partial charge < -0.3 is 15.4 Å². The molecule has 1 unspecified atom stereocenters. The lowest BCUT2D eigenvalue weighted by atomic mass is 10.2. The number of carboxylic acid groups (broad SMARTS) is 1. The van der Waals surface area contributed by atoms with Gasteiger partial charge in [0.25, 0.3) is 0 Å². The fourth-order valence-electron chi connectivity index (χ4n) is 0.986. The van der Waals surface area contributed by atoms with Crippen LogP contribution in [0.4, 0.5) is 0 Å². The van der Waals surface area contributed by atoms with Crippen molar-refractivity contribution < 1.29 is 14.4 Å². The Bertz CT molecular complexity index is 342. The van der Waals surface area contributed by atoms with Crippen molar-refractivity contribution in [1.29, 1.82) is 0 Å². The summed E-state index contributed by atoms with van der Waals surface area (Å²) in [6, 6.07) is -0.790. The van der Waals surface area contributed by atoms with Gasteiger partial charge >= 0.3 is 5.97 Å². The molecule has 0 saturated carbocycles. The number of carboxylic acids is 1. The summed E-state index contributed by atoms with van der Waals surface area (Å²) in [5.41, 5.74) is 5.36. The van der Waals surface area contributed by atoms with Crippen LogP contribution in [0.25, 0.3) is 0 Å². The molecule has 90 valence electrons. The number of carbonyl (C=O) groups is 1. The van der Waals surface area contributed by atoms with Gasteiger partial charge in [-0.15, -0.1) is 0 Å². The van der Waals surface area contributed by atoms with Gasteiger partial charge in [-0.25, -0.2) is 0 Å². The normalized spacial score (nSPS) is 12.6. The van der Waals surface area contributed by atoms with Crippen LogP contribution >= 0.6 is 11.8 Å². The molecule has 0 spiro atoms. The number of rotatable bonds is 7. The number of nitrogens with zero attached hydrogens (tertiary/aromatic N) is 2. The highest BCUT2D eigenvalue weighted by Crippen LogP contribution is 2.12. The molecule has 0 aliphatic carbocycles. The highest BCUT2D eigenvalue weighted by molar-refractivity contribution is 7.98. The molecule has 1 aromatic heterocycles. The number of aliphatic carboxylic acids is 1. The predicted molar refractivity (Wildman–Crippen MR) is 60.1 cm³/mol. The predicted octanol–water partition coefficient (Wildman–Crippen LogP) is 0.667. The van der Waals surface area contributed by atoms with E-state index in [9.17, 15) is 4.79 Å². The minimum Gasteiger partial charge on any atom is -0.480 e. The minimum atomic E-state index is -0.966. The van der Waals surface area contributed by atoms with Crippen molar-refractivity contribution in [3.63, 3.8) is 0 Å². The first-order valence-corrected chi connectivity index (χ1v) is 6.16. The fraction of sp³-hybridized carbons (Fsp3) is 0.667. The van der Waals surface area contributed by atoms with Gasteiger partial charge in [0, 0.05) is 6.42 Å². The Labute approximate surface area is 97.6 Å². The van der Waals surface area contributed by atoms with E-state index < -0.39 is 12.0 Å². The van der Waals surface area contributed by atoms with Gasteiger partial charge in [-0.3, -0.25) is 4.79 Å². The van der Waals surface area contributed by atoms with Gasteiger partial charge in [-0.2, -0.15) is 16.7 Å². The zero-order chi connectivity index (χ0) is 12.0. The van der Waals surface area contributed by atoms with Crippen LogP contribution in [0.3, 0.4) is 0 Å². The van der Waals surface area contributed by atoms with E-state index in [-0.39, 0.29) is 0 Å². The van der Waals surface area contributed by atoms with E-state index in [4.69, 9.17) is 15.4 Å². The topological polar surface area (TPSA) is 102 Å². The summed E-state index contributed by atoms with van der Waals surface area (Å²) in [5.74, 6) is 1.56. The summed E-state index contributed by atoms with van der Waals surface area (Å²) in [6.45, 7) is 1.95. The van der Waals surface area contributed by atoms with Crippen molar-refractivity contribution in [1.82, 2.24) is 10.1 Å². The molecule has 0 aliphatic rings. The van der Waals surface area contributed by atoms with Gasteiger partial charge in [0.1, 0.15) is 6.04 Å². The Kier molecular flexibility index (Phi) is 5.27. The summed E-state index contributed by atoms with van der Waals surface area (Å²) < 4.78 is 4.98. The van der Waals surface area contributed by atoms with Gasteiger partial charge in [-0.1, -0.05) is 12.1 Å². The number of nitrogens with two attached hydrogens (primary N) is 1. The van der Waals surface area contributed by atoms with Crippen molar-refractivity contribution in [3.8, 4) is 0 Å². The zero-order valence-electron chi connectivity index (χ0n) is 9.05. The molecule has 16 heavy (non-hydrogen) atoms. The summed E-state index contributed by atoms with van der Waals surface area (Å²) >= 11 is 1.54. The van der Waals surface area contributed by atoms with Crippen molar-refractivity contribution in [3.05, 3.63) is 11.7 Å². The molecule has 0 amide bonds. The van der Waals surface area contributed by atoms with Crippen LogP contribution in [0.2, 0.25) is 0 Å². The summed E-state index contributed by atoms with van der Waals surface area (Å²) in [4.78, 5) is 14.6. The van der Waals surface area contributed by atoms with Crippen LogP contribution in [0.15, 0.2) is 4.52 Å². The highest BCUT2D eigenvalue weighted by atomic mass is 32.2. The van der Waals surface area contributed by atoms with Crippen molar-refractivity contribution in [2.24, 2.45) is 5.73 Å². The van der Waals surface area contributed by atoms with Crippen LogP contribution in [0.1, 0.15) is 25.1 Å². The zero-order valence-corrected chi connectivity index (χ0v) is 9.87. The molecular formula is C9H15N3O3S. The van der Waals surface area contributed by atoms with E-state index in [0.717, 1.165) is 6.42 Å². The molecular weight excluding hydrogens is 230 g/mol. The number of thioether (sulfide) groups is 1. The second kappa shape index (κ2) is 6.49. The van der Waals surface area contributed by atoms with Gasteiger partial charge in [0.05, 0.1) is 5.75 Å². The maximum atomic E-state index is 10.4. The molecule has 1 atom stereocenters. The van der Waals surface area contributed by atoms with E-state index in [1.54, 1.807) is 0 Å². The number of aryl methyl sites for hydroxylation is 1. The first-order valence-electron chi connectivity index (χ1n) is 5.01. The summed E-state index contributed by atoms with van der Waals surface area (Å²) in [7, 11) is 0. The van der Waals surface area contributed by atoms with E-state index in [1.807, 2.05) is 6.92 Å². The molecule has 0 aliphatic heterocycles. The third-order valence-electron chi connectivity index (χ3n) is 1.94. The molecule has 1 rings (SSSR count). The second-order valence-corrected chi connectivity index (χ2v) is 4.35. The monoisotopic (exact) mass is 245 g/mol. The number of hydrogen-bond acceptors (Lipinski definition) is 6. The lowest BCUT2D eigenvalue weighted by Crippen LogP contribution is -2.30. The quantitative estimate of drug-likeness (QED) is 0.680. The molecule has 0 radical (unpaired) electrons. The van der Waals surface area contributed by atoms with Crippen LogP contribution in [0.5, 0.6) is 0 Å². The third-order valence-corrected chi connectivity index (χ3v) is 2.92. The van der Waals surface area contributed by atoms with E-state index in [2.05, 4.69) is 10.1 Å². The number of aromatic nitrogens is 2. The SMILES string of the molecule is CCc1noc(CSCCC(N)C(=O)O)n1. The average molecular weight is 245 g/mol. The van der Waals surface area contributed by atoms with E-state index in [1.165, 1.54) is 11.8 Å². The lowest BCUT2D eigenvalue weighted by Gasteiger charge is -2.03. The second-order valence-electron chi connectivity index (χ2n) is 3.24. The maximum absolute atomic E-state index is 10.4. The lowest BCUT2D eigenvalue weighted by molar-refractivity contribution is -0.138. The van der Waals surface area contributed by atoms with Crippen LogP contribution in [-0.4, -0.2) is 33.0 Å². The summed E-state index contributed by atoms with van der Waals surface area (Å²) in [6.07, 6.45) is 1.19.